The predicted octanol–water partition coefficient (Wildman–Crippen LogP) is 1.77. The van der Waals surface area contributed by atoms with Crippen molar-refractivity contribution in [1.29, 1.82) is 0 Å². The Balaban J connectivity index is 2.45. The highest BCUT2D eigenvalue weighted by Gasteiger charge is 2.15. The van der Waals surface area contributed by atoms with E-state index in [2.05, 4.69) is 4.98 Å². The van der Waals surface area contributed by atoms with Gasteiger partial charge in [0.1, 0.15) is 11.5 Å². The van der Waals surface area contributed by atoms with Crippen LogP contribution in [0.25, 0.3) is 0 Å². The van der Waals surface area contributed by atoms with E-state index in [0.29, 0.717) is 11.5 Å². The van der Waals surface area contributed by atoms with Crippen LogP contribution in [0.2, 0.25) is 0 Å². The van der Waals surface area contributed by atoms with Gasteiger partial charge in [0, 0.05) is 25.3 Å². The van der Waals surface area contributed by atoms with Crippen LogP contribution in [0.1, 0.15) is 12.5 Å². The number of pyridine rings is 1. The molecule has 0 unspecified atom stereocenters. The van der Waals surface area contributed by atoms with Crippen LogP contribution in [0, 0.1) is 12.1 Å². The summed E-state index contributed by atoms with van der Waals surface area (Å²) in [5, 5.41) is 10.8. The number of hydrogen-bond donors (Lipinski definition) is 1. The molecule has 5 heteroatoms. The van der Waals surface area contributed by atoms with Crippen molar-refractivity contribution in [1.82, 2.24) is 4.98 Å². The van der Waals surface area contributed by atoms with E-state index in [1.165, 1.54) is 18.0 Å². The Kier molecular flexibility index (Phi) is 3.89. The summed E-state index contributed by atoms with van der Waals surface area (Å²) in [7, 11) is 0. The number of quaternary nitrogens is 1. The molecule has 0 aliphatic rings. The van der Waals surface area contributed by atoms with Crippen LogP contribution >= 0.6 is 0 Å². The van der Waals surface area contributed by atoms with Crippen LogP contribution in [-0.2, 0) is 4.79 Å². The molecule has 0 saturated heterocycles. The summed E-state index contributed by atoms with van der Waals surface area (Å²) < 4.78 is 0. The van der Waals surface area contributed by atoms with Crippen molar-refractivity contribution < 1.29 is 10.3 Å². The van der Waals surface area contributed by atoms with Crippen LogP contribution in [0.5, 0.6) is 0 Å². The number of aryl methyl sites for hydroxylation is 1. The van der Waals surface area contributed by atoms with Crippen LogP contribution in [0.4, 0.5) is 17.2 Å². The third-order valence-electron chi connectivity index (χ3n) is 2.74. The molecule has 98 valence electrons. The second-order valence-corrected chi connectivity index (χ2v) is 4.26. The summed E-state index contributed by atoms with van der Waals surface area (Å²) in [6.45, 7) is 3.45. The van der Waals surface area contributed by atoms with Gasteiger partial charge in [-0.1, -0.05) is 17.7 Å². The van der Waals surface area contributed by atoms with Crippen molar-refractivity contribution in [3.05, 3.63) is 53.4 Å². The van der Waals surface area contributed by atoms with Crippen molar-refractivity contribution in [3.63, 3.8) is 0 Å². The fourth-order valence-corrected chi connectivity index (χ4v) is 1.80. The number of nitrogens with two attached hydrogens (primary N) is 1. The van der Waals surface area contributed by atoms with Crippen molar-refractivity contribution in [2.45, 2.75) is 13.8 Å². The molecule has 1 aromatic heterocycles. The van der Waals surface area contributed by atoms with Gasteiger partial charge in [-0.15, -0.1) is 0 Å². The Bertz CT molecular complexity index is 581. The molecule has 0 aliphatic carbocycles. The standard InChI is InChI=1S/C14H15N3O2/c1-10-3-5-13(6-4-10)17(11(2)18)14-9-12(16-19)7-8-15-14/h3-9H,16H2,1-2H3. The normalized spacial score (nSPS) is 10.3. The molecule has 2 rings (SSSR count). The molecule has 0 saturated carbocycles. The topological polar surface area (TPSA) is 72.9 Å². The summed E-state index contributed by atoms with van der Waals surface area (Å²) in [4.78, 5) is 17.5. The number of hydrogen-bond acceptors (Lipinski definition) is 3. The largest absolute Gasteiger partial charge is 0.630 e. The van der Waals surface area contributed by atoms with Crippen LogP contribution < -0.4 is 10.4 Å². The fraction of sp³-hybridized carbons (Fsp3) is 0.143. The van der Waals surface area contributed by atoms with Gasteiger partial charge in [0.05, 0.1) is 5.69 Å². The molecular formula is C14H15N3O2. The van der Waals surface area contributed by atoms with Crippen LogP contribution in [0.15, 0.2) is 42.6 Å². The van der Waals surface area contributed by atoms with E-state index in [4.69, 9.17) is 0 Å². The summed E-state index contributed by atoms with van der Waals surface area (Å²) in [5.41, 5.74) is 3.07. The number of amides is 1. The maximum Gasteiger partial charge on any atom is 0.229 e. The maximum absolute atomic E-state index is 11.8. The molecule has 2 aromatic rings. The molecule has 0 aliphatic heterocycles. The minimum Gasteiger partial charge on any atom is -0.630 e. The Morgan fingerprint density at radius 3 is 2.53 bits per heavy atom. The van der Waals surface area contributed by atoms with Crippen LogP contribution in [-0.4, -0.2) is 10.9 Å². The lowest BCUT2D eigenvalue weighted by Crippen LogP contribution is -2.70. The smallest absolute Gasteiger partial charge is 0.229 e. The Morgan fingerprint density at radius 1 is 1.26 bits per heavy atom. The molecule has 0 spiro atoms. The van der Waals surface area contributed by atoms with Gasteiger partial charge in [-0.25, -0.2) is 4.98 Å². The number of aromatic nitrogens is 1. The van der Waals surface area contributed by atoms with E-state index in [-0.39, 0.29) is 5.91 Å². The molecule has 0 fully saturated rings. The first-order chi connectivity index (χ1) is 9.11. The molecule has 2 N–H and O–H groups in total. The van der Waals surface area contributed by atoms with E-state index in [1.807, 2.05) is 31.2 Å². The van der Waals surface area contributed by atoms with Crippen molar-refractivity contribution in [3.8, 4) is 0 Å². The number of carbonyl (C=O) groups excluding carboxylic acids is 1. The zero-order valence-electron chi connectivity index (χ0n) is 10.8. The van der Waals surface area contributed by atoms with Gasteiger partial charge in [-0.3, -0.25) is 9.69 Å². The molecule has 1 heterocycles. The highest BCUT2D eigenvalue weighted by Crippen LogP contribution is 2.24. The Morgan fingerprint density at radius 2 is 1.95 bits per heavy atom. The third kappa shape index (κ3) is 2.96. The lowest BCUT2D eigenvalue weighted by atomic mass is 10.2. The van der Waals surface area contributed by atoms with E-state index in [0.717, 1.165) is 16.7 Å². The first-order valence-electron chi connectivity index (χ1n) is 5.90. The lowest BCUT2D eigenvalue weighted by Gasteiger charge is -2.20. The number of benzene rings is 1. The van der Waals surface area contributed by atoms with Crippen molar-refractivity contribution in [2.24, 2.45) is 0 Å². The molecular weight excluding hydrogens is 242 g/mol. The van der Waals surface area contributed by atoms with Gasteiger partial charge in [-0.05, 0) is 19.1 Å². The van der Waals surface area contributed by atoms with Crippen molar-refractivity contribution >= 4 is 23.1 Å². The van der Waals surface area contributed by atoms with Gasteiger partial charge in [0.25, 0.3) is 0 Å². The predicted molar refractivity (Wildman–Crippen MR) is 73.2 cm³/mol. The molecule has 0 radical (unpaired) electrons. The average Bonchev–Trinajstić information content (AvgIpc) is 2.41. The SMILES string of the molecule is CC(=O)N(c1ccc(C)cc1)c1cc([NH2+][O-])ccn1. The summed E-state index contributed by atoms with van der Waals surface area (Å²) in [5.74, 6) is 0.292. The number of rotatable bonds is 3. The molecule has 1 amide bonds. The van der Waals surface area contributed by atoms with Crippen LogP contribution in [0.3, 0.4) is 0 Å². The zero-order valence-corrected chi connectivity index (χ0v) is 10.8. The highest BCUT2D eigenvalue weighted by atomic mass is 16.5. The number of anilines is 2. The molecule has 0 bridgehead atoms. The maximum atomic E-state index is 11.8. The monoisotopic (exact) mass is 257 g/mol. The highest BCUT2D eigenvalue weighted by molar-refractivity contribution is 5.98. The van der Waals surface area contributed by atoms with E-state index in [9.17, 15) is 10.0 Å². The Hall–Kier alpha value is -2.24. The fourth-order valence-electron chi connectivity index (χ4n) is 1.80. The van der Waals surface area contributed by atoms with Gasteiger partial charge >= 0.3 is 0 Å². The second-order valence-electron chi connectivity index (χ2n) is 4.26. The number of carbonyl (C=O) groups is 1. The van der Waals surface area contributed by atoms with Crippen molar-refractivity contribution in [2.75, 3.05) is 4.90 Å². The molecule has 1 aromatic carbocycles. The number of nitrogens with zero attached hydrogens (tertiary/aromatic N) is 2. The second kappa shape index (κ2) is 5.60. The average molecular weight is 257 g/mol. The van der Waals surface area contributed by atoms with E-state index in [1.54, 1.807) is 12.1 Å². The van der Waals surface area contributed by atoms with Gasteiger partial charge in [0.2, 0.25) is 5.91 Å². The Labute approximate surface area is 111 Å². The van der Waals surface area contributed by atoms with E-state index < -0.39 is 0 Å². The third-order valence-corrected chi connectivity index (χ3v) is 2.74. The molecule has 5 nitrogen and oxygen atoms in total. The quantitative estimate of drug-likeness (QED) is 0.851. The van der Waals surface area contributed by atoms with Gasteiger partial charge in [-0.2, -0.15) is 0 Å². The minimum atomic E-state index is -0.153. The lowest BCUT2D eigenvalue weighted by molar-refractivity contribution is -0.497. The van der Waals surface area contributed by atoms with Gasteiger partial charge < -0.3 is 10.7 Å². The van der Waals surface area contributed by atoms with Gasteiger partial charge in [0.15, 0.2) is 0 Å². The minimum absolute atomic E-state index is 0.153. The summed E-state index contributed by atoms with van der Waals surface area (Å²) >= 11 is 0. The molecule has 0 atom stereocenters. The summed E-state index contributed by atoms with van der Waals surface area (Å²) in [6.07, 6.45) is 1.52. The first kappa shape index (κ1) is 13.2. The zero-order chi connectivity index (χ0) is 13.8. The van der Waals surface area contributed by atoms with E-state index >= 15 is 0 Å². The first-order valence-corrected chi connectivity index (χ1v) is 5.90. The molecule has 19 heavy (non-hydrogen) atoms. The summed E-state index contributed by atoms with van der Waals surface area (Å²) in [6, 6.07) is 10.7.